The second-order valence-corrected chi connectivity index (χ2v) is 6.02. The van der Waals surface area contributed by atoms with Crippen LogP contribution in [0.5, 0.6) is 0 Å². The second kappa shape index (κ2) is 8.06. The van der Waals surface area contributed by atoms with Crippen LogP contribution >= 0.6 is 12.4 Å². The van der Waals surface area contributed by atoms with E-state index in [0.29, 0.717) is 11.5 Å². The zero-order chi connectivity index (χ0) is 14.7. The van der Waals surface area contributed by atoms with Crippen molar-refractivity contribution in [2.75, 3.05) is 26.2 Å². The van der Waals surface area contributed by atoms with Gasteiger partial charge >= 0.3 is 0 Å². The van der Waals surface area contributed by atoms with Crippen LogP contribution in [0.1, 0.15) is 37.4 Å². The Hall–Kier alpha value is -0.710. The fraction of sp³-hybridized carbons (Fsp3) is 0.625. The van der Waals surface area contributed by atoms with E-state index in [1.807, 2.05) is 0 Å². The van der Waals surface area contributed by atoms with Crippen molar-refractivity contribution >= 4 is 12.4 Å². The zero-order valence-electron chi connectivity index (χ0n) is 13.0. The topological polar surface area (TPSA) is 15.3 Å². The average molecular weight is 319 g/mol. The van der Waals surface area contributed by atoms with Crippen LogP contribution in [0.15, 0.2) is 12.1 Å². The van der Waals surface area contributed by atoms with Gasteiger partial charge in [-0.2, -0.15) is 0 Å². The molecule has 0 aromatic heterocycles. The summed E-state index contributed by atoms with van der Waals surface area (Å²) in [6, 6.07) is 2.73. The third kappa shape index (κ3) is 4.38. The van der Waals surface area contributed by atoms with Gasteiger partial charge in [0, 0.05) is 37.8 Å². The Morgan fingerprint density at radius 1 is 1.19 bits per heavy atom. The highest BCUT2D eigenvalue weighted by molar-refractivity contribution is 5.85. The minimum absolute atomic E-state index is 0. The molecule has 0 unspecified atom stereocenters. The lowest BCUT2D eigenvalue weighted by Gasteiger charge is -2.36. The lowest BCUT2D eigenvalue weighted by Crippen LogP contribution is -2.45. The van der Waals surface area contributed by atoms with Gasteiger partial charge in [-0.05, 0) is 30.9 Å². The first-order valence-corrected chi connectivity index (χ1v) is 7.40. The van der Waals surface area contributed by atoms with Crippen molar-refractivity contribution in [3.05, 3.63) is 34.9 Å². The number of nitrogens with zero attached hydrogens (tertiary/aromatic N) is 1. The summed E-state index contributed by atoms with van der Waals surface area (Å²) in [6.45, 7) is 9.33. The number of piperazine rings is 1. The second-order valence-electron chi connectivity index (χ2n) is 6.02. The maximum atomic E-state index is 14.4. The molecule has 21 heavy (non-hydrogen) atoms. The van der Waals surface area contributed by atoms with Crippen LogP contribution in [0.3, 0.4) is 0 Å². The van der Waals surface area contributed by atoms with Crippen LogP contribution in [0, 0.1) is 24.5 Å². The van der Waals surface area contributed by atoms with Gasteiger partial charge in [-0.1, -0.05) is 19.9 Å². The monoisotopic (exact) mass is 318 g/mol. The molecule has 1 aromatic carbocycles. The molecule has 0 spiro atoms. The van der Waals surface area contributed by atoms with E-state index in [2.05, 4.69) is 24.1 Å². The molecule has 0 bridgehead atoms. The molecule has 2 rings (SSSR count). The van der Waals surface area contributed by atoms with Gasteiger partial charge in [-0.25, -0.2) is 8.78 Å². The van der Waals surface area contributed by atoms with E-state index in [1.54, 1.807) is 6.92 Å². The van der Waals surface area contributed by atoms with Gasteiger partial charge in [-0.15, -0.1) is 12.4 Å². The maximum absolute atomic E-state index is 14.4. The van der Waals surface area contributed by atoms with Crippen LogP contribution in [0.2, 0.25) is 0 Å². The fourth-order valence-corrected chi connectivity index (χ4v) is 2.87. The number of hydrogen-bond donors (Lipinski definition) is 1. The Kier molecular flexibility index (Phi) is 7.04. The summed E-state index contributed by atoms with van der Waals surface area (Å²) in [5, 5.41) is 3.29. The third-order valence-electron chi connectivity index (χ3n) is 3.94. The van der Waals surface area contributed by atoms with E-state index in [-0.39, 0.29) is 29.8 Å². The zero-order valence-corrected chi connectivity index (χ0v) is 13.8. The van der Waals surface area contributed by atoms with Gasteiger partial charge in [0.1, 0.15) is 11.6 Å². The van der Waals surface area contributed by atoms with Crippen molar-refractivity contribution < 1.29 is 8.78 Å². The SMILES string of the molecule is Cc1ccc(F)c([C@@H](CC(C)C)N2CCNCC2)c1F.Cl. The number of rotatable bonds is 4. The van der Waals surface area contributed by atoms with Crippen LogP contribution in [0.4, 0.5) is 8.78 Å². The van der Waals surface area contributed by atoms with Gasteiger partial charge in [0.25, 0.3) is 0 Å². The molecule has 1 aliphatic heterocycles. The molecule has 0 saturated carbocycles. The quantitative estimate of drug-likeness (QED) is 0.911. The minimum Gasteiger partial charge on any atom is -0.314 e. The van der Waals surface area contributed by atoms with Gasteiger partial charge in [0.05, 0.1) is 0 Å². The summed E-state index contributed by atoms with van der Waals surface area (Å²) in [7, 11) is 0. The van der Waals surface area contributed by atoms with Crippen LogP contribution in [0.25, 0.3) is 0 Å². The average Bonchev–Trinajstić information content (AvgIpc) is 2.43. The highest BCUT2D eigenvalue weighted by Crippen LogP contribution is 2.32. The molecule has 2 nitrogen and oxygen atoms in total. The van der Waals surface area contributed by atoms with E-state index in [1.165, 1.54) is 12.1 Å². The summed E-state index contributed by atoms with van der Waals surface area (Å²) in [4.78, 5) is 2.21. The molecule has 1 atom stereocenters. The summed E-state index contributed by atoms with van der Waals surface area (Å²) < 4.78 is 28.6. The van der Waals surface area contributed by atoms with Crippen molar-refractivity contribution in [1.82, 2.24) is 10.2 Å². The molecule has 1 aromatic rings. The lowest BCUT2D eigenvalue weighted by molar-refractivity contribution is 0.147. The largest absolute Gasteiger partial charge is 0.314 e. The van der Waals surface area contributed by atoms with Crippen LogP contribution in [-0.2, 0) is 0 Å². The van der Waals surface area contributed by atoms with Gasteiger partial charge in [-0.3, -0.25) is 4.90 Å². The summed E-state index contributed by atoms with van der Waals surface area (Å²) >= 11 is 0. The molecule has 1 aliphatic rings. The normalized spacial score (nSPS) is 17.6. The predicted octanol–water partition coefficient (Wildman–Crippen LogP) is 3.69. The molecule has 1 fully saturated rings. The lowest BCUT2D eigenvalue weighted by atomic mass is 9.93. The van der Waals surface area contributed by atoms with Gasteiger partial charge in [0.15, 0.2) is 0 Å². The predicted molar refractivity (Wildman–Crippen MR) is 85.0 cm³/mol. The van der Waals surface area contributed by atoms with E-state index >= 15 is 0 Å². The van der Waals surface area contributed by atoms with Crippen molar-refractivity contribution in [2.24, 2.45) is 5.92 Å². The first-order valence-electron chi connectivity index (χ1n) is 7.40. The number of benzene rings is 1. The molecule has 0 aliphatic carbocycles. The molecule has 0 amide bonds. The van der Waals surface area contributed by atoms with Gasteiger partial charge < -0.3 is 5.32 Å². The molecule has 1 saturated heterocycles. The molecular weight excluding hydrogens is 294 g/mol. The first-order chi connectivity index (χ1) is 9.50. The Morgan fingerprint density at radius 2 is 1.81 bits per heavy atom. The molecular formula is C16H25ClF2N2. The number of aryl methyl sites for hydroxylation is 1. The molecule has 1 heterocycles. The molecule has 0 radical (unpaired) electrons. The maximum Gasteiger partial charge on any atom is 0.133 e. The van der Waals surface area contributed by atoms with E-state index in [9.17, 15) is 8.78 Å². The Bertz CT molecular complexity index is 460. The highest BCUT2D eigenvalue weighted by Gasteiger charge is 2.28. The summed E-state index contributed by atoms with van der Waals surface area (Å²) in [5.74, 6) is -0.402. The number of halogens is 3. The molecule has 120 valence electrons. The minimum atomic E-state index is -0.419. The van der Waals surface area contributed by atoms with Crippen molar-refractivity contribution in [1.29, 1.82) is 0 Å². The van der Waals surface area contributed by atoms with Crippen molar-refractivity contribution in [3.8, 4) is 0 Å². The Morgan fingerprint density at radius 3 is 2.38 bits per heavy atom. The summed E-state index contributed by atoms with van der Waals surface area (Å²) in [5.41, 5.74) is 0.769. The number of nitrogens with one attached hydrogen (secondary N) is 1. The smallest absolute Gasteiger partial charge is 0.133 e. The van der Waals surface area contributed by atoms with Crippen molar-refractivity contribution in [2.45, 2.75) is 33.2 Å². The third-order valence-corrected chi connectivity index (χ3v) is 3.94. The Labute approximate surface area is 132 Å². The van der Waals surface area contributed by atoms with Gasteiger partial charge in [0.2, 0.25) is 0 Å². The van der Waals surface area contributed by atoms with E-state index in [0.717, 1.165) is 32.6 Å². The highest BCUT2D eigenvalue weighted by atomic mass is 35.5. The fourth-order valence-electron chi connectivity index (χ4n) is 2.87. The van der Waals surface area contributed by atoms with E-state index < -0.39 is 5.82 Å². The standard InChI is InChI=1S/C16H24F2N2.ClH/c1-11(2)10-14(20-8-6-19-7-9-20)15-13(17)5-4-12(3)16(15)18;/h4-5,11,14,19H,6-10H2,1-3H3;1H/t14-;/m1./s1. The number of hydrogen-bond acceptors (Lipinski definition) is 2. The first kappa shape index (κ1) is 18.3. The summed E-state index contributed by atoms with van der Waals surface area (Å²) in [6.07, 6.45) is 0.775. The Balaban J connectivity index is 0.00000220. The molecule has 5 heteroatoms. The van der Waals surface area contributed by atoms with E-state index in [4.69, 9.17) is 0 Å². The van der Waals surface area contributed by atoms with Crippen LogP contribution in [-0.4, -0.2) is 31.1 Å². The van der Waals surface area contributed by atoms with Crippen LogP contribution < -0.4 is 5.32 Å². The molecule has 1 N–H and O–H groups in total. The van der Waals surface area contributed by atoms with Crippen molar-refractivity contribution in [3.63, 3.8) is 0 Å².